The number of aliphatic hydroxyl groups is 1. The number of hydrogen-bond donors (Lipinski definition) is 1. The van der Waals surface area contributed by atoms with Crippen LogP contribution in [0.5, 0.6) is 0 Å². The van der Waals surface area contributed by atoms with Gasteiger partial charge in [-0.3, -0.25) is 4.68 Å². The maximum atomic E-state index is 9.01. The highest BCUT2D eigenvalue weighted by molar-refractivity contribution is 9.10. The van der Waals surface area contributed by atoms with E-state index in [1.807, 2.05) is 22.9 Å². The van der Waals surface area contributed by atoms with Gasteiger partial charge >= 0.3 is 0 Å². The summed E-state index contributed by atoms with van der Waals surface area (Å²) in [5, 5.41) is 14.4. The average Bonchev–Trinajstić information content (AvgIpc) is 2.55. The van der Waals surface area contributed by atoms with Crippen molar-refractivity contribution in [3.8, 4) is 0 Å². The van der Waals surface area contributed by atoms with Crippen molar-refractivity contribution in [1.29, 1.82) is 0 Å². The lowest BCUT2D eigenvalue weighted by Gasteiger charge is -1.99. The quantitative estimate of drug-likeness (QED) is 0.894. The van der Waals surface area contributed by atoms with E-state index in [0.717, 1.165) is 27.6 Å². The van der Waals surface area contributed by atoms with Gasteiger partial charge in [0.25, 0.3) is 0 Å². The third kappa shape index (κ3) is 1.44. The fraction of sp³-hybridized carbons (Fsp3) is 0.300. The first-order valence-corrected chi connectivity index (χ1v) is 5.31. The monoisotopic (exact) mass is 254 g/mol. The summed E-state index contributed by atoms with van der Waals surface area (Å²) in [5.74, 6) is 0. The van der Waals surface area contributed by atoms with E-state index in [2.05, 4.69) is 28.0 Å². The van der Waals surface area contributed by atoms with Crippen LogP contribution in [0.2, 0.25) is 0 Å². The van der Waals surface area contributed by atoms with Crippen LogP contribution in [0.1, 0.15) is 12.5 Å². The molecule has 0 bridgehead atoms. The number of rotatable bonds is 2. The zero-order chi connectivity index (χ0) is 10.1. The molecule has 1 N–H and O–H groups in total. The predicted octanol–water partition coefficient (Wildman–Crippen LogP) is 2.31. The van der Waals surface area contributed by atoms with E-state index in [4.69, 9.17) is 5.11 Å². The molecule has 0 saturated carbocycles. The molecule has 3 nitrogen and oxygen atoms in total. The van der Waals surface area contributed by atoms with Gasteiger partial charge in [0.05, 0.1) is 12.1 Å². The molecule has 0 saturated heterocycles. The first-order valence-electron chi connectivity index (χ1n) is 4.52. The molecule has 0 fully saturated rings. The smallest absolute Gasteiger partial charge is 0.136 e. The van der Waals surface area contributed by atoms with E-state index < -0.39 is 0 Å². The van der Waals surface area contributed by atoms with Crippen LogP contribution in [0.4, 0.5) is 0 Å². The molecule has 0 unspecified atom stereocenters. The van der Waals surface area contributed by atoms with Gasteiger partial charge in [0, 0.05) is 11.9 Å². The van der Waals surface area contributed by atoms with Crippen molar-refractivity contribution >= 4 is 26.8 Å². The van der Waals surface area contributed by atoms with Gasteiger partial charge in [-0.2, -0.15) is 5.10 Å². The molecular weight excluding hydrogens is 244 g/mol. The topological polar surface area (TPSA) is 38.0 Å². The minimum Gasteiger partial charge on any atom is -0.392 e. The van der Waals surface area contributed by atoms with E-state index in [1.165, 1.54) is 0 Å². The number of nitrogens with zero attached hydrogens (tertiary/aromatic N) is 2. The summed E-state index contributed by atoms with van der Waals surface area (Å²) in [4.78, 5) is 0. The van der Waals surface area contributed by atoms with Crippen molar-refractivity contribution in [2.45, 2.75) is 20.1 Å². The van der Waals surface area contributed by atoms with Crippen molar-refractivity contribution in [1.82, 2.24) is 9.78 Å². The Morgan fingerprint density at radius 3 is 2.93 bits per heavy atom. The van der Waals surface area contributed by atoms with E-state index in [1.54, 1.807) is 0 Å². The second-order valence-corrected chi connectivity index (χ2v) is 3.87. The molecule has 1 aromatic carbocycles. The summed E-state index contributed by atoms with van der Waals surface area (Å²) >= 11 is 3.41. The SMILES string of the molecule is CCn1nc(Br)c2cc(CO)ccc21. The van der Waals surface area contributed by atoms with Gasteiger partial charge in [0.2, 0.25) is 0 Å². The predicted molar refractivity (Wildman–Crippen MR) is 59.0 cm³/mol. The Morgan fingerprint density at radius 1 is 1.50 bits per heavy atom. The molecule has 4 heteroatoms. The standard InChI is InChI=1S/C10H11BrN2O/c1-2-13-9-4-3-7(6-14)5-8(9)10(11)12-13/h3-5,14H,2,6H2,1H3. The minimum atomic E-state index is 0.0691. The third-order valence-electron chi connectivity index (χ3n) is 2.25. The van der Waals surface area contributed by atoms with Crippen molar-refractivity contribution in [2.24, 2.45) is 0 Å². The van der Waals surface area contributed by atoms with Gasteiger partial charge in [0.15, 0.2) is 0 Å². The number of aryl methyl sites for hydroxylation is 1. The molecule has 74 valence electrons. The highest BCUT2D eigenvalue weighted by Crippen LogP contribution is 2.24. The number of hydrogen-bond acceptors (Lipinski definition) is 2. The van der Waals surface area contributed by atoms with Gasteiger partial charge < -0.3 is 5.11 Å². The van der Waals surface area contributed by atoms with Crippen LogP contribution in [0.15, 0.2) is 22.8 Å². The Balaban J connectivity index is 2.70. The largest absolute Gasteiger partial charge is 0.392 e. The molecule has 1 heterocycles. The third-order valence-corrected chi connectivity index (χ3v) is 2.84. The number of aromatic nitrogens is 2. The summed E-state index contributed by atoms with van der Waals surface area (Å²) in [5.41, 5.74) is 2.01. The van der Waals surface area contributed by atoms with Crippen LogP contribution >= 0.6 is 15.9 Å². The molecule has 0 radical (unpaired) electrons. The summed E-state index contributed by atoms with van der Waals surface area (Å²) in [6.07, 6.45) is 0. The van der Waals surface area contributed by atoms with E-state index in [9.17, 15) is 0 Å². The number of halogens is 1. The van der Waals surface area contributed by atoms with Gasteiger partial charge in [-0.1, -0.05) is 6.07 Å². The summed E-state index contributed by atoms with van der Waals surface area (Å²) in [6.45, 7) is 2.97. The Bertz CT molecular complexity index is 464. The fourth-order valence-corrected chi connectivity index (χ4v) is 2.04. The lowest BCUT2D eigenvalue weighted by molar-refractivity contribution is 0.282. The Hall–Kier alpha value is -0.870. The number of fused-ring (bicyclic) bond motifs is 1. The summed E-state index contributed by atoms with van der Waals surface area (Å²) in [7, 11) is 0. The number of benzene rings is 1. The number of aliphatic hydroxyl groups excluding tert-OH is 1. The average molecular weight is 255 g/mol. The molecule has 0 atom stereocenters. The van der Waals surface area contributed by atoms with Gasteiger partial charge in [-0.15, -0.1) is 0 Å². The molecule has 0 spiro atoms. The van der Waals surface area contributed by atoms with Crippen LogP contribution in [0.25, 0.3) is 10.9 Å². The second kappa shape index (κ2) is 3.71. The lowest BCUT2D eigenvalue weighted by atomic mass is 10.2. The molecule has 14 heavy (non-hydrogen) atoms. The normalized spacial score (nSPS) is 11.1. The van der Waals surface area contributed by atoms with Gasteiger partial charge in [-0.25, -0.2) is 0 Å². The van der Waals surface area contributed by atoms with Crippen LogP contribution in [-0.4, -0.2) is 14.9 Å². The Kier molecular flexibility index (Phi) is 2.56. The first kappa shape index (κ1) is 9.68. The second-order valence-electron chi connectivity index (χ2n) is 3.12. The van der Waals surface area contributed by atoms with E-state index in [0.29, 0.717) is 0 Å². The molecule has 0 aliphatic rings. The van der Waals surface area contributed by atoms with Crippen LogP contribution in [0.3, 0.4) is 0 Å². The van der Waals surface area contributed by atoms with Crippen LogP contribution in [0, 0.1) is 0 Å². The molecule has 2 aromatic rings. The van der Waals surface area contributed by atoms with Crippen molar-refractivity contribution in [3.63, 3.8) is 0 Å². The van der Waals surface area contributed by atoms with E-state index in [-0.39, 0.29) is 6.61 Å². The van der Waals surface area contributed by atoms with Gasteiger partial charge in [0.1, 0.15) is 4.60 Å². The molecule has 0 aliphatic heterocycles. The van der Waals surface area contributed by atoms with E-state index >= 15 is 0 Å². The Morgan fingerprint density at radius 2 is 2.29 bits per heavy atom. The lowest BCUT2D eigenvalue weighted by Crippen LogP contribution is -1.95. The fourth-order valence-electron chi connectivity index (χ4n) is 1.53. The highest BCUT2D eigenvalue weighted by Gasteiger charge is 2.07. The van der Waals surface area contributed by atoms with Crippen LogP contribution < -0.4 is 0 Å². The Labute approximate surface area is 90.5 Å². The molecule has 1 aromatic heterocycles. The van der Waals surface area contributed by atoms with Gasteiger partial charge in [-0.05, 0) is 40.5 Å². The zero-order valence-electron chi connectivity index (χ0n) is 7.87. The van der Waals surface area contributed by atoms with Crippen molar-refractivity contribution < 1.29 is 5.11 Å². The molecule has 2 rings (SSSR count). The maximum Gasteiger partial charge on any atom is 0.136 e. The van der Waals surface area contributed by atoms with Crippen molar-refractivity contribution in [2.75, 3.05) is 0 Å². The highest BCUT2D eigenvalue weighted by atomic mass is 79.9. The van der Waals surface area contributed by atoms with Crippen LogP contribution in [-0.2, 0) is 13.2 Å². The maximum absolute atomic E-state index is 9.01. The molecule has 0 aliphatic carbocycles. The summed E-state index contributed by atoms with van der Waals surface area (Å²) in [6, 6.07) is 5.86. The molecular formula is C10H11BrN2O. The zero-order valence-corrected chi connectivity index (χ0v) is 9.45. The van der Waals surface area contributed by atoms with Crippen molar-refractivity contribution in [3.05, 3.63) is 28.4 Å². The minimum absolute atomic E-state index is 0.0691. The molecule has 0 amide bonds. The first-order chi connectivity index (χ1) is 6.76. The summed E-state index contributed by atoms with van der Waals surface area (Å²) < 4.78 is 2.77.